The van der Waals surface area contributed by atoms with Gasteiger partial charge in [-0.1, -0.05) is 11.6 Å². The van der Waals surface area contributed by atoms with Gasteiger partial charge in [-0.2, -0.15) is 0 Å². The summed E-state index contributed by atoms with van der Waals surface area (Å²) in [7, 11) is 0. The Morgan fingerprint density at radius 2 is 2.20 bits per heavy atom. The fraction of sp³-hybridized carbons (Fsp3) is 0.250. The van der Waals surface area contributed by atoms with Crippen molar-refractivity contribution in [1.29, 1.82) is 0 Å². The van der Waals surface area contributed by atoms with Crippen LogP contribution in [0.4, 0.5) is 11.4 Å². The van der Waals surface area contributed by atoms with Gasteiger partial charge in [0, 0.05) is 11.1 Å². The summed E-state index contributed by atoms with van der Waals surface area (Å²) in [4.78, 5) is 10.2. The largest absolute Gasteiger partial charge is 1.00 e. The molecule has 0 unspecified atom stereocenters. The predicted octanol–water partition coefficient (Wildman–Crippen LogP) is -2.09. The summed E-state index contributed by atoms with van der Waals surface area (Å²) in [5.41, 5.74) is 4.10. The maximum atomic E-state index is 10.6. The molecule has 1 rings (SSSR count). The molecule has 0 aliphatic heterocycles. The minimum atomic E-state index is -0.461. The Hall–Kier alpha value is -1.04. The highest BCUT2D eigenvalue weighted by Crippen LogP contribution is 2.27. The zero-order chi connectivity index (χ0) is 10.6. The summed E-state index contributed by atoms with van der Waals surface area (Å²) >= 11 is 5.65. The van der Waals surface area contributed by atoms with E-state index in [1.807, 2.05) is 0 Å². The summed E-state index contributed by atoms with van der Waals surface area (Å²) < 4.78 is 0. The number of quaternary nitrogens is 1. The molecule has 0 radical (unpaired) electrons. The van der Waals surface area contributed by atoms with Crippen LogP contribution in [0.1, 0.15) is 0 Å². The number of nitrogens with zero attached hydrogens (tertiary/aromatic N) is 1. The topological polar surface area (TPSA) is 82.8 Å². The molecule has 15 heavy (non-hydrogen) atoms. The Balaban J connectivity index is 0.00000196. The van der Waals surface area contributed by atoms with Gasteiger partial charge in [0.25, 0.3) is 5.69 Å². The lowest BCUT2D eigenvalue weighted by atomic mass is 10.2. The molecule has 4 N–H and O–H groups in total. The number of hydrogen-bond donors (Lipinski definition) is 2. The van der Waals surface area contributed by atoms with Crippen LogP contribution in [0.5, 0.6) is 0 Å². The van der Waals surface area contributed by atoms with Crippen LogP contribution in [0.25, 0.3) is 0 Å². The molecule has 0 saturated carbocycles. The maximum absolute atomic E-state index is 10.6. The number of nitrogens with one attached hydrogen (secondary N) is 1. The van der Waals surface area contributed by atoms with E-state index in [0.717, 1.165) is 0 Å². The third kappa shape index (κ3) is 3.91. The van der Waals surface area contributed by atoms with Crippen LogP contribution in [0.15, 0.2) is 18.2 Å². The summed E-state index contributed by atoms with van der Waals surface area (Å²) in [6.07, 6.45) is 0. The van der Waals surface area contributed by atoms with E-state index in [0.29, 0.717) is 23.8 Å². The number of anilines is 1. The van der Waals surface area contributed by atoms with Crippen molar-refractivity contribution in [2.24, 2.45) is 0 Å². The standard InChI is InChI=1S/C8H10ClN3O2.ClH/c9-6-1-2-7(11-4-3-10)8(5-6)12(13)14;/h1-2,5,11H,3-4,10H2;1H. The van der Waals surface area contributed by atoms with Crippen molar-refractivity contribution in [3.63, 3.8) is 0 Å². The molecule has 0 aromatic heterocycles. The van der Waals surface area contributed by atoms with Gasteiger partial charge in [0.05, 0.1) is 18.0 Å². The third-order valence-corrected chi connectivity index (χ3v) is 1.88. The Labute approximate surface area is 98.2 Å². The van der Waals surface area contributed by atoms with Crippen molar-refractivity contribution >= 4 is 23.0 Å². The highest BCUT2D eigenvalue weighted by Gasteiger charge is 2.13. The Kier molecular flexibility index (Phi) is 6.00. The molecule has 0 aliphatic rings. The first-order valence-corrected chi connectivity index (χ1v) is 4.50. The van der Waals surface area contributed by atoms with Gasteiger partial charge >= 0.3 is 0 Å². The second kappa shape index (κ2) is 6.44. The van der Waals surface area contributed by atoms with Crippen molar-refractivity contribution in [3.8, 4) is 0 Å². The van der Waals surface area contributed by atoms with Crippen LogP contribution >= 0.6 is 11.6 Å². The smallest absolute Gasteiger partial charge is 0.293 e. The fourth-order valence-corrected chi connectivity index (χ4v) is 1.19. The summed E-state index contributed by atoms with van der Waals surface area (Å²) in [6.45, 7) is 1.27. The molecule has 1 aromatic carbocycles. The van der Waals surface area contributed by atoms with Crippen molar-refractivity contribution in [2.75, 3.05) is 18.4 Å². The van der Waals surface area contributed by atoms with Crippen molar-refractivity contribution < 1.29 is 23.1 Å². The summed E-state index contributed by atoms with van der Waals surface area (Å²) in [6, 6.07) is 4.53. The van der Waals surface area contributed by atoms with E-state index in [-0.39, 0.29) is 18.1 Å². The van der Waals surface area contributed by atoms with Gasteiger partial charge in [0.15, 0.2) is 0 Å². The monoisotopic (exact) mass is 251 g/mol. The molecular formula is C8H11Cl2N3O2. The molecule has 0 saturated heterocycles. The maximum Gasteiger partial charge on any atom is 0.293 e. The molecule has 0 heterocycles. The number of nitro benzene ring substituents is 1. The molecule has 0 amide bonds. The van der Waals surface area contributed by atoms with Crippen LogP contribution < -0.4 is 23.5 Å². The first-order chi connectivity index (χ1) is 6.65. The molecule has 0 aliphatic carbocycles. The van der Waals surface area contributed by atoms with Gasteiger partial charge < -0.3 is 23.5 Å². The molecule has 5 nitrogen and oxygen atoms in total. The number of benzene rings is 1. The van der Waals surface area contributed by atoms with E-state index >= 15 is 0 Å². The first kappa shape index (κ1) is 14.0. The van der Waals surface area contributed by atoms with E-state index in [1.54, 1.807) is 12.1 Å². The van der Waals surface area contributed by atoms with Crippen LogP contribution in [-0.4, -0.2) is 18.0 Å². The average molecular weight is 252 g/mol. The molecule has 0 fully saturated rings. The van der Waals surface area contributed by atoms with Crippen molar-refractivity contribution in [1.82, 2.24) is 0 Å². The number of hydrogen-bond acceptors (Lipinski definition) is 3. The highest BCUT2D eigenvalue weighted by atomic mass is 35.5. The highest BCUT2D eigenvalue weighted by molar-refractivity contribution is 6.30. The quantitative estimate of drug-likeness (QED) is 0.476. The van der Waals surface area contributed by atoms with Gasteiger partial charge in [-0.15, -0.1) is 0 Å². The SMILES string of the molecule is [Cl-].[NH3+]CCNc1ccc(Cl)cc1[N+](=O)[O-]. The molecular weight excluding hydrogens is 241 g/mol. The van der Waals surface area contributed by atoms with Crippen molar-refractivity contribution in [3.05, 3.63) is 33.3 Å². The van der Waals surface area contributed by atoms with Crippen LogP contribution in [0, 0.1) is 10.1 Å². The van der Waals surface area contributed by atoms with E-state index < -0.39 is 4.92 Å². The van der Waals surface area contributed by atoms with Gasteiger partial charge in [0.2, 0.25) is 0 Å². The lowest BCUT2D eigenvalue weighted by Crippen LogP contribution is -3.00. The minimum Gasteiger partial charge on any atom is -1.00 e. The third-order valence-electron chi connectivity index (χ3n) is 1.65. The molecule has 0 bridgehead atoms. The molecule has 84 valence electrons. The second-order valence-corrected chi connectivity index (χ2v) is 3.14. The van der Waals surface area contributed by atoms with Crippen molar-refractivity contribution in [2.45, 2.75) is 0 Å². The molecule has 0 spiro atoms. The Morgan fingerprint density at radius 3 is 2.73 bits per heavy atom. The Morgan fingerprint density at radius 1 is 1.53 bits per heavy atom. The minimum absolute atomic E-state index is 0. The zero-order valence-corrected chi connectivity index (χ0v) is 9.38. The number of nitro groups is 1. The summed E-state index contributed by atoms with van der Waals surface area (Å²) in [5, 5.41) is 13.9. The molecule has 7 heteroatoms. The van der Waals surface area contributed by atoms with Crippen LogP contribution in [-0.2, 0) is 0 Å². The normalized spacial score (nSPS) is 9.20. The predicted molar refractivity (Wildman–Crippen MR) is 54.4 cm³/mol. The Bertz CT molecular complexity index is 347. The number of rotatable bonds is 4. The fourth-order valence-electron chi connectivity index (χ4n) is 1.03. The van der Waals surface area contributed by atoms with Gasteiger partial charge in [-0.25, -0.2) is 0 Å². The summed E-state index contributed by atoms with van der Waals surface area (Å²) in [5.74, 6) is 0. The van der Waals surface area contributed by atoms with Gasteiger partial charge in [0.1, 0.15) is 5.69 Å². The second-order valence-electron chi connectivity index (χ2n) is 2.70. The van der Waals surface area contributed by atoms with Crippen LogP contribution in [0.2, 0.25) is 5.02 Å². The van der Waals surface area contributed by atoms with Gasteiger partial charge in [-0.05, 0) is 12.1 Å². The molecule has 0 atom stereocenters. The molecule has 1 aromatic rings. The van der Waals surface area contributed by atoms with E-state index in [1.165, 1.54) is 6.07 Å². The first-order valence-electron chi connectivity index (χ1n) is 4.12. The lowest BCUT2D eigenvalue weighted by molar-refractivity contribution is -0.384. The average Bonchev–Trinajstić information content (AvgIpc) is 2.15. The van der Waals surface area contributed by atoms with Crippen LogP contribution in [0.3, 0.4) is 0 Å². The lowest BCUT2D eigenvalue weighted by Gasteiger charge is -2.04. The van der Waals surface area contributed by atoms with Gasteiger partial charge in [-0.3, -0.25) is 10.1 Å². The zero-order valence-electron chi connectivity index (χ0n) is 7.87. The number of halogens is 2. The van der Waals surface area contributed by atoms with E-state index in [2.05, 4.69) is 11.1 Å². The van der Waals surface area contributed by atoms with E-state index in [9.17, 15) is 10.1 Å². The van der Waals surface area contributed by atoms with E-state index in [4.69, 9.17) is 11.6 Å².